The third-order valence-corrected chi connectivity index (χ3v) is 2.13. The molecular formula is C8H14ClN3S. The van der Waals surface area contributed by atoms with Crippen LogP contribution in [0.1, 0.15) is 13.8 Å². The van der Waals surface area contributed by atoms with Gasteiger partial charge >= 0.3 is 0 Å². The molecule has 0 aromatic rings. The van der Waals surface area contributed by atoms with Crippen molar-refractivity contribution >= 4 is 33.7 Å². The lowest BCUT2D eigenvalue weighted by atomic mass is 10.5. The van der Waals surface area contributed by atoms with Gasteiger partial charge in [0.05, 0.1) is 0 Å². The molecule has 3 nitrogen and oxygen atoms in total. The van der Waals surface area contributed by atoms with Crippen LogP contribution in [0, 0.1) is 0 Å². The molecule has 0 saturated heterocycles. The van der Waals surface area contributed by atoms with Gasteiger partial charge in [-0.1, -0.05) is 29.4 Å². The Morgan fingerprint density at radius 3 is 2.62 bits per heavy atom. The Morgan fingerprint density at radius 1 is 1.54 bits per heavy atom. The van der Waals surface area contributed by atoms with E-state index in [0.29, 0.717) is 10.3 Å². The van der Waals surface area contributed by atoms with Crippen molar-refractivity contribution in [2.45, 2.75) is 20.0 Å². The molecule has 74 valence electrons. The minimum Gasteiger partial charge on any atom is -0.384 e. The Bertz CT molecular complexity index is 236. The highest BCUT2D eigenvalue weighted by molar-refractivity contribution is 8.16. The average molecular weight is 220 g/mol. The SMILES string of the molecule is C/C=C\C(N)=NC(C)N=C(Cl)SC. The number of thioether (sulfide) groups is 1. The number of hydrogen-bond acceptors (Lipinski definition) is 3. The van der Waals surface area contributed by atoms with Crippen LogP contribution < -0.4 is 5.73 Å². The minimum atomic E-state index is -0.226. The number of aliphatic imine (C=N–C) groups is 2. The predicted molar refractivity (Wildman–Crippen MR) is 62.7 cm³/mol. The van der Waals surface area contributed by atoms with Crippen molar-refractivity contribution in [1.82, 2.24) is 0 Å². The van der Waals surface area contributed by atoms with Crippen molar-refractivity contribution in [3.63, 3.8) is 0 Å². The molecule has 0 saturated carbocycles. The molecule has 0 radical (unpaired) electrons. The number of amidine groups is 1. The number of hydrogen-bond donors (Lipinski definition) is 1. The van der Waals surface area contributed by atoms with Crippen molar-refractivity contribution in [2.24, 2.45) is 15.7 Å². The number of allylic oxidation sites excluding steroid dienone is 1. The largest absolute Gasteiger partial charge is 0.384 e. The van der Waals surface area contributed by atoms with E-state index >= 15 is 0 Å². The molecule has 2 N–H and O–H groups in total. The van der Waals surface area contributed by atoms with Crippen LogP contribution in [-0.2, 0) is 0 Å². The van der Waals surface area contributed by atoms with Gasteiger partial charge in [-0.25, -0.2) is 9.98 Å². The number of rotatable bonds is 3. The Morgan fingerprint density at radius 2 is 2.15 bits per heavy atom. The Balaban J connectivity index is 4.29. The number of nitrogens with two attached hydrogens (primary N) is 1. The monoisotopic (exact) mass is 219 g/mol. The maximum atomic E-state index is 5.71. The van der Waals surface area contributed by atoms with Crippen molar-refractivity contribution in [3.05, 3.63) is 12.2 Å². The van der Waals surface area contributed by atoms with Gasteiger partial charge in [-0.05, 0) is 26.2 Å². The quantitative estimate of drug-likeness (QED) is 0.585. The molecule has 0 aliphatic heterocycles. The van der Waals surface area contributed by atoms with Crippen molar-refractivity contribution in [2.75, 3.05) is 6.26 Å². The highest BCUT2D eigenvalue weighted by Gasteiger charge is 1.97. The first-order valence-corrected chi connectivity index (χ1v) is 5.43. The maximum absolute atomic E-state index is 5.71. The van der Waals surface area contributed by atoms with E-state index in [9.17, 15) is 0 Å². The van der Waals surface area contributed by atoms with Crippen molar-refractivity contribution in [3.8, 4) is 0 Å². The fourth-order valence-corrected chi connectivity index (χ4v) is 1.06. The van der Waals surface area contributed by atoms with Crippen LogP contribution in [0.4, 0.5) is 0 Å². The number of halogens is 1. The first-order chi connectivity index (χ1) is 6.10. The second-order valence-electron chi connectivity index (χ2n) is 2.27. The summed E-state index contributed by atoms with van der Waals surface area (Å²) < 4.78 is 0.490. The zero-order chi connectivity index (χ0) is 10.3. The lowest BCUT2D eigenvalue weighted by molar-refractivity contribution is 0.799. The van der Waals surface area contributed by atoms with Crippen LogP contribution in [0.25, 0.3) is 0 Å². The molecule has 0 aliphatic carbocycles. The van der Waals surface area contributed by atoms with Crippen LogP contribution in [0.15, 0.2) is 22.1 Å². The predicted octanol–water partition coefficient (Wildman–Crippen LogP) is 2.22. The molecule has 0 fully saturated rings. The van der Waals surface area contributed by atoms with Crippen LogP contribution in [0.2, 0.25) is 0 Å². The summed E-state index contributed by atoms with van der Waals surface area (Å²) >= 11 is 7.09. The highest BCUT2D eigenvalue weighted by atomic mass is 35.5. The normalized spacial score (nSPS) is 16.6. The molecule has 0 rings (SSSR count). The van der Waals surface area contributed by atoms with E-state index in [1.807, 2.05) is 26.2 Å². The molecule has 0 aromatic heterocycles. The van der Waals surface area contributed by atoms with Gasteiger partial charge < -0.3 is 5.73 Å². The highest BCUT2D eigenvalue weighted by Crippen LogP contribution is 2.05. The van der Waals surface area contributed by atoms with Gasteiger partial charge in [-0.2, -0.15) is 0 Å². The van der Waals surface area contributed by atoms with Crippen LogP contribution in [0.3, 0.4) is 0 Å². The van der Waals surface area contributed by atoms with E-state index in [-0.39, 0.29) is 6.17 Å². The summed E-state index contributed by atoms with van der Waals surface area (Å²) in [7, 11) is 0. The molecule has 0 heterocycles. The van der Waals surface area contributed by atoms with Gasteiger partial charge in [-0.3, -0.25) is 0 Å². The summed E-state index contributed by atoms with van der Waals surface area (Å²) in [6.45, 7) is 3.71. The second kappa shape index (κ2) is 6.97. The molecule has 0 spiro atoms. The van der Waals surface area contributed by atoms with Gasteiger partial charge in [-0.15, -0.1) is 0 Å². The van der Waals surface area contributed by atoms with Gasteiger partial charge in [0.1, 0.15) is 12.0 Å². The van der Waals surface area contributed by atoms with E-state index < -0.39 is 0 Å². The minimum absolute atomic E-state index is 0.226. The topological polar surface area (TPSA) is 50.7 Å². The molecule has 5 heteroatoms. The van der Waals surface area contributed by atoms with Gasteiger partial charge in [0.25, 0.3) is 0 Å². The average Bonchev–Trinajstić information content (AvgIpc) is 2.04. The zero-order valence-corrected chi connectivity index (χ0v) is 9.56. The first kappa shape index (κ1) is 12.5. The van der Waals surface area contributed by atoms with Crippen LogP contribution in [-0.4, -0.2) is 22.8 Å². The van der Waals surface area contributed by atoms with E-state index in [4.69, 9.17) is 17.3 Å². The second-order valence-corrected chi connectivity index (χ2v) is 3.65. The molecule has 0 aliphatic rings. The fourth-order valence-electron chi connectivity index (χ4n) is 0.658. The summed E-state index contributed by atoms with van der Waals surface area (Å²) in [5, 5.41) is 0. The summed E-state index contributed by atoms with van der Waals surface area (Å²) in [4.78, 5) is 8.14. The molecule has 0 amide bonds. The van der Waals surface area contributed by atoms with Crippen LogP contribution >= 0.6 is 23.4 Å². The molecule has 0 bridgehead atoms. The summed E-state index contributed by atoms with van der Waals surface area (Å²) in [6.07, 6.45) is 5.18. The van der Waals surface area contributed by atoms with E-state index in [1.54, 1.807) is 6.08 Å². The smallest absolute Gasteiger partial charge is 0.159 e. The van der Waals surface area contributed by atoms with Gasteiger partial charge in [0.2, 0.25) is 0 Å². The van der Waals surface area contributed by atoms with Crippen LogP contribution in [0.5, 0.6) is 0 Å². The zero-order valence-electron chi connectivity index (χ0n) is 7.99. The number of nitrogens with zero attached hydrogens (tertiary/aromatic N) is 2. The summed E-state index contributed by atoms with van der Waals surface area (Å²) in [5.41, 5.74) is 5.55. The molecule has 1 unspecified atom stereocenters. The summed E-state index contributed by atoms with van der Waals surface area (Å²) in [5.74, 6) is 0.462. The molecule has 1 atom stereocenters. The Labute approximate surface area is 88.2 Å². The summed E-state index contributed by atoms with van der Waals surface area (Å²) in [6, 6.07) is 0. The van der Waals surface area contributed by atoms with Crippen molar-refractivity contribution in [1.29, 1.82) is 0 Å². The van der Waals surface area contributed by atoms with Crippen molar-refractivity contribution < 1.29 is 0 Å². The lowest BCUT2D eigenvalue weighted by Gasteiger charge is -2.00. The molecule has 13 heavy (non-hydrogen) atoms. The van der Waals surface area contributed by atoms with E-state index in [1.165, 1.54) is 11.8 Å². The van der Waals surface area contributed by atoms with Gasteiger partial charge in [0.15, 0.2) is 4.50 Å². The van der Waals surface area contributed by atoms with E-state index in [0.717, 1.165) is 0 Å². The standard InChI is InChI=1S/C8H14ClN3S/c1-4-5-7(10)11-6(2)12-8(9)13-3/h4-6H,1-3H3,(H2,10,11)/b5-4-,12-8?. The first-order valence-electron chi connectivity index (χ1n) is 3.83. The third kappa shape index (κ3) is 6.66. The third-order valence-electron chi connectivity index (χ3n) is 1.13. The Kier molecular flexibility index (Phi) is 6.72. The lowest BCUT2D eigenvalue weighted by Crippen LogP contribution is -2.11. The molecular weight excluding hydrogens is 206 g/mol. The Hall–Kier alpha value is -0.480. The van der Waals surface area contributed by atoms with E-state index in [2.05, 4.69) is 9.98 Å². The maximum Gasteiger partial charge on any atom is 0.159 e. The van der Waals surface area contributed by atoms with Gasteiger partial charge in [0, 0.05) is 0 Å². The fraction of sp³-hybridized carbons (Fsp3) is 0.500. The molecule has 0 aromatic carbocycles.